The van der Waals surface area contributed by atoms with E-state index in [4.69, 9.17) is 9.52 Å². The van der Waals surface area contributed by atoms with Crippen LogP contribution in [0.1, 0.15) is 10.6 Å². The lowest BCUT2D eigenvalue weighted by Crippen LogP contribution is -2.26. The number of hydrogen-bond donors (Lipinski definition) is 1. The smallest absolute Gasteiger partial charge is 0.371 e. The molecule has 0 spiro atoms. The third kappa shape index (κ3) is 2.76. The third-order valence-electron chi connectivity index (χ3n) is 1.94. The first-order valence-electron chi connectivity index (χ1n) is 4.40. The van der Waals surface area contributed by atoms with Crippen molar-refractivity contribution in [1.82, 2.24) is 4.31 Å². The Balaban J connectivity index is 3.24. The van der Waals surface area contributed by atoms with Crippen LogP contribution < -0.4 is 0 Å². The summed E-state index contributed by atoms with van der Waals surface area (Å²) in [4.78, 5) is 10.4. The Kier molecular flexibility index (Phi) is 4.12. The maximum atomic E-state index is 12.0. The summed E-state index contributed by atoms with van der Waals surface area (Å²) in [5.74, 6) is -1.78. The SMILES string of the molecule is C=CCN(C)S(=O)(=O)c1cc(C(=O)O)oc1Br. The van der Waals surface area contributed by atoms with Crippen molar-refractivity contribution in [3.63, 3.8) is 0 Å². The van der Waals surface area contributed by atoms with Gasteiger partial charge in [0.05, 0.1) is 0 Å². The van der Waals surface area contributed by atoms with Crippen LogP contribution in [0.25, 0.3) is 0 Å². The van der Waals surface area contributed by atoms with E-state index in [0.717, 1.165) is 10.4 Å². The quantitative estimate of drug-likeness (QED) is 0.830. The van der Waals surface area contributed by atoms with Crippen molar-refractivity contribution in [1.29, 1.82) is 0 Å². The number of aromatic carboxylic acids is 1. The summed E-state index contributed by atoms with van der Waals surface area (Å²) in [6.45, 7) is 3.54. The summed E-state index contributed by atoms with van der Waals surface area (Å²) in [5, 5.41) is 8.69. The van der Waals surface area contributed by atoms with E-state index in [2.05, 4.69) is 22.5 Å². The van der Waals surface area contributed by atoms with Crippen LogP contribution in [-0.4, -0.2) is 37.4 Å². The number of hydrogen-bond acceptors (Lipinski definition) is 4. The number of carboxylic acid groups (broad SMARTS) is 1. The first-order valence-corrected chi connectivity index (χ1v) is 6.64. The molecule has 0 fully saturated rings. The first kappa shape index (κ1) is 13.9. The fourth-order valence-electron chi connectivity index (χ4n) is 1.08. The molecule has 0 radical (unpaired) electrons. The van der Waals surface area contributed by atoms with Crippen molar-refractivity contribution in [3.05, 3.63) is 29.2 Å². The Morgan fingerprint density at radius 2 is 2.29 bits per heavy atom. The van der Waals surface area contributed by atoms with E-state index in [1.165, 1.54) is 13.1 Å². The van der Waals surface area contributed by atoms with E-state index in [1.54, 1.807) is 0 Å². The van der Waals surface area contributed by atoms with Crippen LogP contribution in [0.15, 0.2) is 32.7 Å². The third-order valence-corrected chi connectivity index (χ3v) is 4.62. The summed E-state index contributed by atoms with van der Waals surface area (Å²) in [6, 6.07) is 0.960. The van der Waals surface area contributed by atoms with Gasteiger partial charge in [0.1, 0.15) is 4.90 Å². The Morgan fingerprint density at radius 3 is 2.71 bits per heavy atom. The number of likely N-dealkylation sites (N-methyl/N-ethyl adjacent to an activating group) is 1. The van der Waals surface area contributed by atoms with Gasteiger partial charge in [-0.2, -0.15) is 4.31 Å². The van der Waals surface area contributed by atoms with Gasteiger partial charge in [0.2, 0.25) is 15.8 Å². The highest BCUT2D eigenvalue weighted by molar-refractivity contribution is 9.10. The minimum atomic E-state index is -3.79. The molecule has 0 bridgehead atoms. The van der Waals surface area contributed by atoms with Gasteiger partial charge < -0.3 is 9.52 Å². The predicted molar refractivity (Wildman–Crippen MR) is 63.4 cm³/mol. The highest BCUT2D eigenvalue weighted by Crippen LogP contribution is 2.28. The molecule has 1 heterocycles. The molecule has 0 unspecified atom stereocenters. The zero-order valence-corrected chi connectivity index (χ0v) is 11.3. The minimum Gasteiger partial charge on any atom is -0.475 e. The van der Waals surface area contributed by atoms with Crippen molar-refractivity contribution in [2.24, 2.45) is 0 Å². The molecule has 0 amide bonds. The van der Waals surface area contributed by atoms with E-state index >= 15 is 0 Å². The largest absolute Gasteiger partial charge is 0.475 e. The zero-order valence-electron chi connectivity index (χ0n) is 8.88. The number of rotatable bonds is 5. The molecule has 0 aliphatic rings. The summed E-state index contributed by atoms with van der Waals surface area (Å²) in [7, 11) is -2.43. The standard InChI is InChI=1S/C9H10BrNO5S/c1-3-4-11(2)17(14,15)7-5-6(9(12)13)16-8(7)10/h3,5H,1,4H2,2H3,(H,12,13). The second kappa shape index (κ2) is 5.03. The van der Waals surface area contributed by atoms with Crippen LogP contribution in [0.2, 0.25) is 0 Å². The lowest BCUT2D eigenvalue weighted by atomic mass is 10.5. The van der Waals surface area contributed by atoms with Gasteiger partial charge in [-0.05, 0) is 15.9 Å². The molecule has 1 N–H and O–H groups in total. The number of carbonyl (C=O) groups is 1. The van der Waals surface area contributed by atoms with Gasteiger partial charge in [-0.1, -0.05) is 6.08 Å². The van der Waals surface area contributed by atoms with Crippen molar-refractivity contribution < 1.29 is 22.7 Å². The lowest BCUT2D eigenvalue weighted by Gasteiger charge is -2.13. The van der Waals surface area contributed by atoms with E-state index < -0.39 is 21.8 Å². The van der Waals surface area contributed by atoms with Gasteiger partial charge in [-0.15, -0.1) is 6.58 Å². The molecular weight excluding hydrogens is 314 g/mol. The molecule has 0 aliphatic carbocycles. The molecule has 0 aromatic carbocycles. The summed E-state index contributed by atoms with van der Waals surface area (Å²) in [6.07, 6.45) is 1.42. The maximum absolute atomic E-state index is 12.0. The maximum Gasteiger partial charge on any atom is 0.371 e. The van der Waals surface area contributed by atoms with Crippen molar-refractivity contribution in [2.45, 2.75) is 4.90 Å². The molecule has 0 saturated heterocycles. The van der Waals surface area contributed by atoms with Crippen molar-refractivity contribution in [2.75, 3.05) is 13.6 Å². The summed E-state index contributed by atoms with van der Waals surface area (Å²) >= 11 is 2.88. The molecule has 1 aromatic rings. The van der Waals surface area contributed by atoms with Gasteiger partial charge in [-0.3, -0.25) is 0 Å². The molecule has 0 saturated carbocycles. The van der Waals surface area contributed by atoms with Crippen LogP contribution in [0.4, 0.5) is 0 Å². The highest BCUT2D eigenvalue weighted by Gasteiger charge is 2.27. The number of nitrogens with zero attached hydrogens (tertiary/aromatic N) is 1. The second-order valence-electron chi connectivity index (χ2n) is 3.13. The van der Waals surface area contributed by atoms with Crippen molar-refractivity contribution >= 4 is 31.9 Å². The van der Waals surface area contributed by atoms with Crippen LogP contribution in [0.3, 0.4) is 0 Å². The topological polar surface area (TPSA) is 87.8 Å². The van der Waals surface area contributed by atoms with E-state index in [0.29, 0.717) is 0 Å². The molecule has 0 aliphatic heterocycles. The Hall–Kier alpha value is -1.12. The number of halogens is 1. The zero-order chi connectivity index (χ0) is 13.2. The van der Waals surface area contributed by atoms with E-state index in [9.17, 15) is 13.2 Å². The molecule has 17 heavy (non-hydrogen) atoms. The number of carboxylic acids is 1. The monoisotopic (exact) mass is 323 g/mol. The average molecular weight is 324 g/mol. The van der Waals surface area contributed by atoms with Gasteiger partial charge in [-0.25, -0.2) is 13.2 Å². The fraction of sp³-hybridized carbons (Fsp3) is 0.222. The van der Waals surface area contributed by atoms with Gasteiger partial charge in [0.25, 0.3) is 0 Å². The Bertz CT molecular complexity index is 548. The van der Waals surface area contributed by atoms with Gasteiger partial charge >= 0.3 is 5.97 Å². The Labute approximate surface area is 107 Å². The first-order chi connectivity index (χ1) is 7.80. The number of sulfonamides is 1. The predicted octanol–water partition coefficient (Wildman–Crippen LogP) is 1.55. The van der Waals surface area contributed by atoms with E-state index in [-0.39, 0.29) is 16.1 Å². The van der Waals surface area contributed by atoms with Crippen LogP contribution in [0, 0.1) is 0 Å². The lowest BCUT2D eigenvalue weighted by molar-refractivity contribution is 0.0661. The van der Waals surface area contributed by atoms with Gasteiger partial charge in [0, 0.05) is 19.7 Å². The molecular formula is C9H10BrNO5S. The molecule has 1 rings (SSSR count). The molecule has 8 heteroatoms. The average Bonchev–Trinajstić information content (AvgIpc) is 2.61. The fourth-order valence-corrected chi connectivity index (χ4v) is 3.12. The van der Waals surface area contributed by atoms with Gasteiger partial charge in [0.15, 0.2) is 4.67 Å². The normalized spacial score (nSPS) is 11.7. The van der Waals surface area contributed by atoms with Crippen molar-refractivity contribution in [3.8, 4) is 0 Å². The van der Waals surface area contributed by atoms with E-state index in [1.807, 2.05) is 0 Å². The molecule has 94 valence electrons. The second-order valence-corrected chi connectivity index (χ2v) is 5.86. The summed E-state index contributed by atoms with van der Waals surface area (Å²) < 4.78 is 29.6. The highest BCUT2D eigenvalue weighted by atomic mass is 79.9. The molecule has 6 nitrogen and oxygen atoms in total. The minimum absolute atomic E-state index is 0.113. The number of furan rings is 1. The van der Waals surface area contributed by atoms with Crippen LogP contribution in [-0.2, 0) is 10.0 Å². The Morgan fingerprint density at radius 1 is 1.71 bits per heavy atom. The van der Waals surface area contributed by atoms with Crippen LogP contribution >= 0.6 is 15.9 Å². The van der Waals surface area contributed by atoms with Crippen LogP contribution in [0.5, 0.6) is 0 Å². The molecule has 0 atom stereocenters. The molecule has 1 aromatic heterocycles. The summed E-state index contributed by atoms with van der Waals surface area (Å²) in [5.41, 5.74) is 0.